The molecule has 2 rings (SSSR count). The lowest BCUT2D eigenvalue weighted by Crippen LogP contribution is -2.22. The van der Waals surface area contributed by atoms with Gasteiger partial charge in [0, 0.05) is 11.8 Å². The average molecular weight is 322 g/mol. The maximum Gasteiger partial charge on any atom is 0.174 e. The summed E-state index contributed by atoms with van der Waals surface area (Å²) in [5.74, 6) is 1.68. The first-order valence-corrected chi connectivity index (χ1v) is 9.26. The monoisotopic (exact) mass is 321 g/mol. The second-order valence-corrected chi connectivity index (χ2v) is 7.57. The van der Waals surface area contributed by atoms with Gasteiger partial charge in [-0.2, -0.15) is 0 Å². The zero-order valence-corrected chi connectivity index (χ0v) is 14.5. The number of hydrogen-bond acceptors (Lipinski definition) is 5. The number of rotatable bonds is 8. The Morgan fingerprint density at radius 3 is 2.57 bits per heavy atom. The first kappa shape index (κ1) is 16.5. The van der Waals surface area contributed by atoms with Gasteiger partial charge in [0.2, 0.25) is 0 Å². The van der Waals surface area contributed by atoms with Crippen molar-refractivity contribution in [2.24, 2.45) is 5.92 Å². The van der Waals surface area contributed by atoms with E-state index in [0.717, 1.165) is 23.1 Å². The van der Waals surface area contributed by atoms with E-state index < -0.39 is 0 Å². The van der Waals surface area contributed by atoms with Gasteiger partial charge in [-0.3, -0.25) is 0 Å². The SMILES string of the molecule is CCNC(CSc1nncs1)c1ccc(CC(C)C)cc1. The summed E-state index contributed by atoms with van der Waals surface area (Å²) in [5, 5.41) is 11.5. The van der Waals surface area contributed by atoms with Gasteiger partial charge in [-0.25, -0.2) is 0 Å². The van der Waals surface area contributed by atoms with Crippen LogP contribution in [0.1, 0.15) is 37.9 Å². The van der Waals surface area contributed by atoms with Crippen molar-refractivity contribution in [2.45, 2.75) is 37.6 Å². The zero-order chi connectivity index (χ0) is 15.1. The highest BCUT2D eigenvalue weighted by Crippen LogP contribution is 2.26. The van der Waals surface area contributed by atoms with E-state index in [-0.39, 0.29) is 0 Å². The molecule has 0 aliphatic rings. The number of aromatic nitrogens is 2. The van der Waals surface area contributed by atoms with E-state index in [4.69, 9.17) is 0 Å². The molecular weight excluding hydrogens is 298 g/mol. The maximum atomic E-state index is 4.09. The fourth-order valence-corrected chi connectivity index (χ4v) is 3.87. The van der Waals surface area contributed by atoms with E-state index in [9.17, 15) is 0 Å². The molecule has 2 aromatic rings. The average Bonchev–Trinajstić information content (AvgIpc) is 2.97. The van der Waals surface area contributed by atoms with Gasteiger partial charge in [0.1, 0.15) is 5.51 Å². The number of nitrogens with zero attached hydrogens (tertiary/aromatic N) is 2. The minimum atomic E-state index is 0.358. The van der Waals surface area contributed by atoms with Crippen LogP contribution in [0.25, 0.3) is 0 Å². The van der Waals surface area contributed by atoms with E-state index in [1.165, 1.54) is 11.1 Å². The highest BCUT2D eigenvalue weighted by Gasteiger charge is 2.12. The van der Waals surface area contributed by atoms with Crippen molar-refractivity contribution in [3.05, 3.63) is 40.9 Å². The molecule has 0 saturated carbocycles. The summed E-state index contributed by atoms with van der Waals surface area (Å²) in [4.78, 5) is 0. The van der Waals surface area contributed by atoms with Crippen LogP contribution in [0.4, 0.5) is 0 Å². The van der Waals surface area contributed by atoms with Crippen LogP contribution in [0.5, 0.6) is 0 Å². The third kappa shape index (κ3) is 5.41. The van der Waals surface area contributed by atoms with Crippen LogP contribution >= 0.6 is 23.1 Å². The van der Waals surface area contributed by atoms with Gasteiger partial charge in [0.15, 0.2) is 4.34 Å². The summed E-state index contributed by atoms with van der Waals surface area (Å²) in [6, 6.07) is 9.39. The standard InChI is InChI=1S/C16H23N3S2/c1-4-17-15(10-20-16-19-18-11-21-16)14-7-5-13(6-8-14)9-12(2)3/h5-8,11-12,15,17H,4,9-10H2,1-3H3. The van der Waals surface area contributed by atoms with Gasteiger partial charge in [-0.15, -0.1) is 10.2 Å². The normalized spacial score (nSPS) is 12.8. The topological polar surface area (TPSA) is 37.8 Å². The van der Waals surface area contributed by atoms with Gasteiger partial charge in [-0.1, -0.05) is 68.1 Å². The van der Waals surface area contributed by atoms with E-state index in [2.05, 4.69) is 60.6 Å². The summed E-state index contributed by atoms with van der Waals surface area (Å²) in [7, 11) is 0. The third-order valence-electron chi connectivity index (χ3n) is 3.19. The van der Waals surface area contributed by atoms with E-state index in [1.807, 2.05) is 0 Å². The lowest BCUT2D eigenvalue weighted by molar-refractivity contribution is 0.604. The summed E-state index contributed by atoms with van der Waals surface area (Å²) < 4.78 is 1.04. The molecule has 114 valence electrons. The molecule has 5 heteroatoms. The van der Waals surface area contributed by atoms with E-state index >= 15 is 0 Å². The molecule has 0 radical (unpaired) electrons. The second kappa shape index (κ2) is 8.51. The molecule has 21 heavy (non-hydrogen) atoms. The quantitative estimate of drug-likeness (QED) is 0.740. The van der Waals surface area contributed by atoms with Crippen molar-refractivity contribution < 1.29 is 0 Å². The molecule has 0 saturated heterocycles. The van der Waals surface area contributed by atoms with Gasteiger partial charge < -0.3 is 5.32 Å². The van der Waals surface area contributed by atoms with Crippen molar-refractivity contribution in [3.8, 4) is 0 Å². The summed E-state index contributed by atoms with van der Waals surface area (Å²) in [5.41, 5.74) is 4.55. The van der Waals surface area contributed by atoms with Crippen LogP contribution < -0.4 is 5.32 Å². The Morgan fingerprint density at radius 2 is 2.00 bits per heavy atom. The predicted molar refractivity (Wildman–Crippen MR) is 92.0 cm³/mol. The van der Waals surface area contributed by atoms with Gasteiger partial charge in [0.05, 0.1) is 0 Å². The fourth-order valence-electron chi connectivity index (χ4n) is 2.26. The van der Waals surface area contributed by atoms with Crippen molar-refractivity contribution in [2.75, 3.05) is 12.3 Å². The number of thioether (sulfide) groups is 1. The summed E-state index contributed by atoms with van der Waals surface area (Å²) in [6.45, 7) is 7.63. The Balaban J connectivity index is 1.99. The van der Waals surface area contributed by atoms with Gasteiger partial charge >= 0.3 is 0 Å². The molecule has 3 nitrogen and oxygen atoms in total. The maximum absolute atomic E-state index is 4.09. The van der Waals surface area contributed by atoms with Crippen LogP contribution in [0.2, 0.25) is 0 Å². The molecular formula is C16H23N3S2. The van der Waals surface area contributed by atoms with Crippen molar-refractivity contribution >= 4 is 23.1 Å². The Kier molecular flexibility index (Phi) is 6.67. The third-order valence-corrected chi connectivity index (χ3v) is 5.14. The smallest absolute Gasteiger partial charge is 0.174 e. The molecule has 1 aromatic carbocycles. The van der Waals surface area contributed by atoms with Crippen LogP contribution in [0.15, 0.2) is 34.1 Å². The van der Waals surface area contributed by atoms with Crippen molar-refractivity contribution in [1.82, 2.24) is 15.5 Å². The van der Waals surface area contributed by atoms with Crippen LogP contribution in [-0.2, 0) is 6.42 Å². The Hall–Kier alpha value is -0.910. The molecule has 1 N–H and O–H groups in total. The molecule has 0 aliphatic carbocycles. The van der Waals surface area contributed by atoms with Crippen LogP contribution in [-0.4, -0.2) is 22.5 Å². The fraction of sp³-hybridized carbons (Fsp3) is 0.500. The highest BCUT2D eigenvalue weighted by atomic mass is 32.2. The molecule has 1 aromatic heterocycles. The van der Waals surface area contributed by atoms with Crippen molar-refractivity contribution in [1.29, 1.82) is 0 Å². The molecule has 1 atom stereocenters. The highest BCUT2D eigenvalue weighted by molar-refractivity contribution is 8.01. The van der Waals surface area contributed by atoms with E-state index in [0.29, 0.717) is 12.0 Å². The molecule has 0 aliphatic heterocycles. The number of benzene rings is 1. The van der Waals surface area contributed by atoms with Gasteiger partial charge in [-0.05, 0) is 30.0 Å². The largest absolute Gasteiger partial charge is 0.309 e. The number of nitrogens with one attached hydrogen (secondary N) is 1. The lowest BCUT2D eigenvalue weighted by atomic mass is 10.00. The minimum absolute atomic E-state index is 0.358. The Morgan fingerprint density at radius 1 is 1.24 bits per heavy atom. The van der Waals surface area contributed by atoms with Crippen molar-refractivity contribution in [3.63, 3.8) is 0 Å². The molecule has 0 amide bonds. The number of hydrogen-bond donors (Lipinski definition) is 1. The second-order valence-electron chi connectivity index (χ2n) is 5.47. The Bertz CT molecular complexity index is 509. The van der Waals surface area contributed by atoms with E-state index in [1.54, 1.807) is 28.6 Å². The molecule has 1 heterocycles. The first-order chi connectivity index (χ1) is 10.2. The van der Waals surface area contributed by atoms with Crippen LogP contribution in [0.3, 0.4) is 0 Å². The van der Waals surface area contributed by atoms with Gasteiger partial charge in [0.25, 0.3) is 0 Å². The van der Waals surface area contributed by atoms with Crippen LogP contribution in [0, 0.1) is 5.92 Å². The summed E-state index contributed by atoms with van der Waals surface area (Å²) >= 11 is 3.37. The molecule has 1 unspecified atom stereocenters. The minimum Gasteiger partial charge on any atom is -0.309 e. The molecule has 0 bridgehead atoms. The lowest BCUT2D eigenvalue weighted by Gasteiger charge is -2.18. The Labute approximate surface area is 135 Å². The molecule has 0 spiro atoms. The predicted octanol–water partition coefficient (Wildman–Crippen LogP) is 4.18. The zero-order valence-electron chi connectivity index (χ0n) is 12.9. The first-order valence-electron chi connectivity index (χ1n) is 7.40. The molecule has 0 fully saturated rings. The summed E-state index contributed by atoms with van der Waals surface area (Å²) in [6.07, 6.45) is 1.14.